The molecule has 21 heavy (non-hydrogen) atoms. The van der Waals surface area contributed by atoms with Gasteiger partial charge in [0.25, 0.3) is 0 Å². The third-order valence-corrected chi connectivity index (χ3v) is 5.56. The average Bonchev–Trinajstić information content (AvgIpc) is 3.10. The Balaban J connectivity index is 1.81. The van der Waals surface area contributed by atoms with Gasteiger partial charge in [-0.25, -0.2) is 0 Å². The highest BCUT2D eigenvalue weighted by molar-refractivity contribution is 7.10. The van der Waals surface area contributed by atoms with E-state index >= 15 is 0 Å². The van der Waals surface area contributed by atoms with Crippen LogP contribution in [0.1, 0.15) is 56.5 Å². The zero-order valence-electron chi connectivity index (χ0n) is 12.5. The molecule has 1 amide bonds. The number of thiophene rings is 1. The van der Waals surface area contributed by atoms with Crippen molar-refractivity contribution >= 4 is 17.2 Å². The first-order chi connectivity index (χ1) is 10.2. The number of carbonyl (C=O) groups is 1. The molecule has 2 fully saturated rings. The molecular formula is C16H24N2O2S. The van der Waals surface area contributed by atoms with Crippen LogP contribution in [0.15, 0.2) is 17.5 Å². The molecule has 1 aromatic heterocycles. The molecule has 3 rings (SSSR count). The number of nitrogens with one attached hydrogen (secondary N) is 1. The second kappa shape index (κ2) is 6.46. The molecule has 2 N–H and O–H groups in total. The highest BCUT2D eigenvalue weighted by atomic mass is 32.1. The fourth-order valence-electron chi connectivity index (χ4n) is 3.54. The number of amides is 1. The largest absolute Gasteiger partial charge is 0.393 e. The van der Waals surface area contributed by atoms with E-state index in [1.54, 1.807) is 11.3 Å². The minimum atomic E-state index is -0.182. The van der Waals surface area contributed by atoms with E-state index in [2.05, 4.69) is 28.6 Å². The summed E-state index contributed by atoms with van der Waals surface area (Å²) >= 11 is 1.70. The molecule has 2 heterocycles. The van der Waals surface area contributed by atoms with Crippen LogP contribution in [0, 0.1) is 0 Å². The molecule has 0 aromatic carbocycles. The highest BCUT2D eigenvalue weighted by Gasteiger charge is 2.43. The molecule has 1 saturated heterocycles. The molecule has 2 atom stereocenters. The number of nitrogens with zero attached hydrogens (tertiary/aromatic N) is 1. The number of aliphatic hydroxyl groups is 1. The summed E-state index contributed by atoms with van der Waals surface area (Å²) in [4.78, 5) is 16.1. The number of carbonyl (C=O) groups excluding carboxylic acids is 1. The summed E-state index contributed by atoms with van der Waals surface area (Å²) in [5.74, 6) is 0.247. The predicted molar refractivity (Wildman–Crippen MR) is 84.0 cm³/mol. The van der Waals surface area contributed by atoms with Gasteiger partial charge in [-0.1, -0.05) is 19.4 Å². The lowest BCUT2D eigenvalue weighted by Crippen LogP contribution is -2.42. The number of hydrogen-bond acceptors (Lipinski definition) is 4. The van der Waals surface area contributed by atoms with Crippen molar-refractivity contribution in [3.63, 3.8) is 0 Å². The highest BCUT2D eigenvalue weighted by Crippen LogP contribution is 2.35. The molecule has 4 nitrogen and oxygen atoms in total. The summed E-state index contributed by atoms with van der Waals surface area (Å²) in [6, 6.07) is 4.37. The summed E-state index contributed by atoms with van der Waals surface area (Å²) in [5.41, 5.74) is 0. The van der Waals surface area contributed by atoms with Crippen LogP contribution in [0.5, 0.6) is 0 Å². The smallest absolute Gasteiger partial charge is 0.241 e. The molecule has 2 aliphatic rings. The minimum absolute atomic E-state index is 0.0225. The molecule has 1 aliphatic heterocycles. The van der Waals surface area contributed by atoms with Gasteiger partial charge in [-0.05, 0) is 43.6 Å². The minimum Gasteiger partial charge on any atom is -0.393 e. The van der Waals surface area contributed by atoms with E-state index in [0.29, 0.717) is 0 Å². The fourth-order valence-corrected chi connectivity index (χ4v) is 4.32. The Morgan fingerprint density at radius 3 is 2.76 bits per heavy atom. The lowest BCUT2D eigenvalue weighted by atomic mass is 9.91. The first-order valence-electron chi connectivity index (χ1n) is 8.00. The lowest BCUT2D eigenvalue weighted by molar-refractivity contribution is -0.133. The first kappa shape index (κ1) is 15.0. The molecule has 116 valence electrons. The zero-order chi connectivity index (χ0) is 14.8. The van der Waals surface area contributed by atoms with Gasteiger partial charge >= 0.3 is 0 Å². The normalized spacial score (nSPS) is 33.6. The van der Waals surface area contributed by atoms with Gasteiger partial charge < -0.3 is 10.0 Å². The summed E-state index contributed by atoms with van der Waals surface area (Å²) in [5, 5.41) is 15.3. The third-order valence-electron chi connectivity index (χ3n) is 4.64. The van der Waals surface area contributed by atoms with Crippen LogP contribution in [-0.4, -0.2) is 34.1 Å². The van der Waals surface area contributed by atoms with Crippen molar-refractivity contribution in [1.82, 2.24) is 10.2 Å². The van der Waals surface area contributed by atoms with Gasteiger partial charge in [0.15, 0.2) is 0 Å². The number of hydrogen-bond donors (Lipinski definition) is 2. The van der Waals surface area contributed by atoms with E-state index in [1.807, 2.05) is 6.07 Å². The second-order valence-electron chi connectivity index (χ2n) is 6.13. The Hall–Kier alpha value is -0.910. The first-order valence-corrected chi connectivity index (χ1v) is 8.88. The van der Waals surface area contributed by atoms with Crippen LogP contribution >= 0.6 is 11.3 Å². The number of rotatable bonds is 4. The maximum atomic E-state index is 12.8. The van der Waals surface area contributed by atoms with Crippen molar-refractivity contribution in [2.45, 2.75) is 69.8 Å². The zero-order valence-corrected chi connectivity index (χ0v) is 13.3. The Labute approximate surface area is 130 Å². The molecule has 1 aliphatic carbocycles. The van der Waals surface area contributed by atoms with Crippen LogP contribution < -0.4 is 5.32 Å². The van der Waals surface area contributed by atoms with Crippen LogP contribution in [-0.2, 0) is 4.79 Å². The quantitative estimate of drug-likeness (QED) is 0.899. The van der Waals surface area contributed by atoms with E-state index in [9.17, 15) is 9.90 Å². The number of aliphatic hydroxyl groups excluding tert-OH is 1. The predicted octanol–water partition coefficient (Wildman–Crippen LogP) is 2.65. The molecule has 5 heteroatoms. The van der Waals surface area contributed by atoms with E-state index in [-0.39, 0.29) is 30.3 Å². The second-order valence-corrected chi connectivity index (χ2v) is 7.11. The van der Waals surface area contributed by atoms with Gasteiger partial charge in [-0.3, -0.25) is 10.1 Å². The molecular weight excluding hydrogens is 284 g/mol. The van der Waals surface area contributed by atoms with Gasteiger partial charge in [0, 0.05) is 10.9 Å². The summed E-state index contributed by atoms with van der Waals surface area (Å²) in [7, 11) is 0. The molecule has 0 spiro atoms. The monoisotopic (exact) mass is 308 g/mol. The summed E-state index contributed by atoms with van der Waals surface area (Å²) < 4.78 is 0. The topological polar surface area (TPSA) is 52.6 Å². The van der Waals surface area contributed by atoms with Crippen molar-refractivity contribution in [3.8, 4) is 0 Å². The molecule has 1 aromatic rings. The Kier molecular flexibility index (Phi) is 4.62. The van der Waals surface area contributed by atoms with Crippen molar-refractivity contribution in [3.05, 3.63) is 22.4 Å². The van der Waals surface area contributed by atoms with E-state index in [4.69, 9.17) is 0 Å². The lowest BCUT2D eigenvalue weighted by Gasteiger charge is -2.36. The summed E-state index contributed by atoms with van der Waals surface area (Å²) in [6.45, 7) is 2.12. The van der Waals surface area contributed by atoms with Gasteiger partial charge in [0.1, 0.15) is 6.17 Å². The van der Waals surface area contributed by atoms with Crippen molar-refractivity contribution in [1.29, 1.82) is 0 Å². The van der Waals surface area contributed by atoms with E-state index in [0.717, 1.165) is 38.5 Å². The van der Waals surface area contributed by atoms with Gasteiger partial charge in [-0.15, -0.1) is 11.3 Å². The van der Waals surface area contributed by atoms with Crippen LogP contribution in [0.3, 0.4) is 0 Å². The molecule has 0 bridgehead atoms. The van der Waals surface area contributed by atoms with Gasteiger partial charge in [0.2, 0.25) is 5.91 Å². The van der Waals surface area contributed by atoms with Crippen molar-refractivity contribution in [2.24, 2.45) is 0 Å². The standard InChI is InChI=1S/C16H24N2O2S/c1-2-4-13-16(20)18(11-6-8-12(19)9-7-11)15(17-13)14-5-3-10-21-14/h3,5,10-13,15,17,19H,2,4,6-9H2,1H3. The average molecular weight is 308 g/mol. The molecule has 1 saturated carbocycles. The SMILES string of the molecule is CCCC1NC(c2cccs2)N(C2CCC(O)CC2)C1=O. The Morgan fingerprint density at radius 1 is 1.38 bits per heavy atom. The van der Waals surface area contributed by atoms with E-state index < -0.39 is 0 Å². The van der Waals surface area contributed by atoms with Crippen LogP contribution in [0.25, 0.3) is 0 Å². The van der Waals surface area contributed by atoms with E-state index in [1.165, 1.54) is 4.88 Å². The van der Waals surface area contributed by atoms with Crippen molar-refractivity contribution < 1.29 is 9.90 Å². The Morgan fingerprint density at radius 2 is 2.14 bits per heavy atom. The summed E-state index contributed by atoms with van der Waals surface area (Å²) in [6.07, 6.45) is 5.19. The van der Waals surface area contributed by atoms with Crippen LogP contribution in [0.4, 0.5) is 0 Å². The van der Waals surface area contributed by atoms with Crippen LogP contribution in [0.2, 0.25) is 0 Å². The molecule has 0 radical (unpaired) electrons. The Bertz CT molecular complexity index is 469. The van der Waals surface area contributed by atoms with Crippen molar-refractivity contribution in [2.75, 3.05) is 0 Å². The van der Waals surface area contributed by atoms with Gasteiger partial charge in [-0.2, -0.15) is 0 Å². The maximum absolute atomic E-state index is 12.8. The maximum Gasteiger partial charge on any atom is 0.241 e. The fraction of sp³-hybridized carbons (Fsp3) is 0.688. The molecule has 2 unspecified atom stereocenters. The van der Waals surface area contributed by atoms with Gasteiger partial charge in [0.05, 0.1) is 12.1 Å². The third kappa shape index (κ3) is 3.00.